The molecule has 1 aliphatic heterocycles. The molecule has 1 fully saturated rings. The largest absolute Gasteiger partial charge is 0.444 e. The van der Waals surface area contributed by atoms with Crippen molar-refractivity contribution < 1.29 is 9.53 Å². The Hall–Kier alpha value is -1.62. The van der Waals surface area contributed by atoms with E-state index in [1.165, 1.54) is 5.56 Å². The molecule has 28 heavy (non-hydrogen) atoms. The van der Waals surface area contributed by atoms with E-state index in [1.807, 2.05) is 31.9 Å². The number of amides is 1. The first-order chi connectivity index (χ1) is 12.7. The molecule has 5 heteroatoms. The van der Waals surface area contributed by atoms with E-state index in [0.29, 0.717) is 5.92 Å². The predicted octanol–water partition coefficient (Wildman–Crippen LogP) is 5.19. The topological polar surface area (TPSA) is 68.5 Å². The van der Waals surface area contributed by atoms with E-state index >= 15 is 0 Å². The average molecular weight is 390 g/mol. The van der Waals surface area contributed by atoms with Crippen LogP contribution in [0.5, 0.6) is 0 Å². The highest BCUT2D eigenvalue weighted by atomic mass is 16.6. The summed E-state index contributed by atoms with van der Waals surface area (Å²) in [5, 5.41) is 0. The van der Waals surface area contributed by atoms with Gasteiger partial charge in [0.25, 0.3) is 0 Å². The summed E-state index contributed by atoms with van der Waals surface area (Å²) in [6.07, 6.45) is 4.54. The van der Waals surface area contributed by atoms with Crippen molar-refractivity contribution in [1.29, 1.82) is 0 Å². The monoisotopic (exact) mass is 389 g/mol. The third-order valence-electron chi connectivity index (χ3n) is 5.49. The molecule has 2 atom stereocenters. The lowest BCUT2D eigenvalue weighted by molar-refractivity contribution is 0.0131. The highest BCUT2D eigenvalue weighted by molar-refractivity contribution is 5.69. The van der Waals surface area contributed by atoms with E-state index in [2.05, 4.69) is 51.7 Å². The quantitative estimate of drug-likeness (QED) is 0.769. The summed E-state index contributed by atoms with van der Waals surface area (Å²) < 4.78 is 5.59. The van der Waals surface area contributed by atoms with Gasteiger partial charge in [0.2, 0.25) is 0 Å². The lowest BCUT2D eigenvalue weighted by atomic mass is 9.88. The molecule has 2 unspecified atom stereocenters. The Morgan fingerprint density at radius 3 is 2.43 bits per heavy atom. The SMILES string of the molecule is CC(C)(C)OC(=O)N1CC(CCC(N)c2ccc(C(C)(C)C)cn2)CC1(C)C. The zero-order valence-corrected chi connectivity index (χ0v) is 19.0. The first kappa shape index (κ1) is 22.7. The number of hydrogen-bond acceptors (Lipinski definition) is 4. The molecule has 1 amide bonds. The fourth-order valence-electron chi connectivity index (χ4n) is 3.85. The molecule has 1 aliphatic rings. The third-order valence-corrected chi connectivity index (χ3v) is 5.49. The Kier molecular flexibility index (Phi) is 6.49. The van der Waals surface area contributed by atoms with Crippen LogP contribution in [-0.2, 0) is 10.2 Å². The molecule has 0 bridgehead atoms. The van der Waals surface area contributed by atoms with Crippen LogP contribution < -0.4 is 5.73 Å². The molecule has 1 aromatic rings. The van der Waals surface area contributed by atoms with Crippen molar-refractivity contribution in [3.8, 4) is 0 Å². The number of nitrogens with zero attached hydrogens (tertiary/aromatic N) is 2. The second-order valence-electron chi connectivity index (χ2n) is 10.9. The van der Waals surface area contributed by atoms with Gasteiger partial charge in [0, 0.05) is 24.3 Å². The Morgan fingerprint density at radius 1 is 1.29 bits per heavy atom. The summed E-state index contributed by atoms with van der Waals surface area (Å²) in [5.74, 6) is 0.433. The van der Waals surface area contributed by atoms with Crippen molar-refractivity contribution in [2.45, 2.75) is 97.2 Å². The molecule has 1 saturated heterocycles. The van der Waals surface area contributed by atoms with Gasteiger partial charge in [0.1, 0.15) is 5.60 Å². The second-order valence-corrected chi connectivity index (χ2v) is 10.9. The molecule has 0 radical (unpaired) electrons. The standard InChI is InChI=1S/C23H39N3O2/c1-21(2,3)17-10-12-19(25-14-17)18(24)11-9-16-13-23(7,8)26(15-16)20(27)28-22(4,5)6/h10,12,14,16,18H,9,11,13,15,24H2,1-8H3. The summed E-state index contributed by atoms with van der Waals surface area (Å²) in [6.45, 7) is 17.2. The van der Waals surface area contributed by atoms with Gasteiger partial charge in [-0.05, 0) is 76.8 Å². The van der Waals surface area contributed by atoms with E-state index < -0.39 is 5.60 Å². The number of rotatable bonds is 4. The van der Waals surface area contributed by atoms with Crippen molar-refractivity contribution in [3.63, 3.8) is 0 Å². The summed E-state index contributed by atoms with van der Waals surface area (Å²) >= 11 is 0. The van der Waals surface area contributed by atoms with Crippen LogP contribution in [-0.4, -0.2) is 33.7 Å². The fourth-order valence-corrected chi connectivity index (χ4v) is 3.85. The maximum Gasteiger partial charge on any atom is 0.410 e. The lowest BCUT2D eigenvalue weighted by Crippen LogP contribution is -2.45. The second kappa shape index (κ2) is 8.02. The van der Waals surface area contributed by atoms with Crippen molar-refractivity contribution in [2.75, 3.05) is 6.54 Å². The van der Waals surface area contributed by atoms with Crippen LogP contribution in [0.4, 0.5) is 4.79 Å². The molecular weight excluding hydrogens is 350 g/mol. The molecule has 0 aliphatic carbocycles. The van der Waals surface area contributed by atoms with Crippen molar-refractivity contribution in [1.82, 2.24) is 9.88 Å². The van der Waals surface area contributed by atoms with Crippen molar-refractivity contribution in [3.05, 3.63) is 29.6 Å². The Labute approximate surface area is 171 Å². The van der Waals surface area contributed by atoms with Crippen LogP contribution in [0.3, 0.4) is 0 Å². The van der Waals surface area contributed by atoms with Gasteiger partial charge in [0.05, 0.1) is 5.69 Å². The van der Waals surface area contributed by atoms with Crippen LogP contribution >= 0.6 is 0 Å². The molecule has 0 spiro atoms. The third kappa shape index (κ3) is 5.94. The number of pyridine rings is 1. The van der Waals surface area contributed by atoms with Gasteiger partial charge >= 0.3 is 6.09 Å². The zero-order valence-electron chi connectivity index (χ0n) is 19.0. The van der Waals surface area contributed by atoms with Gasteiger partial charge in [-0.15, -0.1) is 0 Å². The first-order valence-electron chi connectivity index (χ1n) is 10.4. The lowest BCUT2D eigenvalue weighted by Gasteiger charge is -2.33. The smallest absolute Gasteiger partial charge is 0.410 e. The minimum absolute atomic E-state index is 0.0762. The van der Waals surface area contributed by atoms with Gasteiger partial charge in [-0.1, -0.05) is 26.8 Å². The Balaban J connectivity index is 1.93. The van der Waals surface area contributed by atoms with Gasteiger partial charge in [-0.3, -0.25) is 4.98 Å². The van der Waals surface area contributed by atoms with Gasteiger partial charge in [-0.25, -0.2) is 4.79 Å². The van der Waals surface area contributed by atoms with Gasteiger partial charge < -0.3 is 15.4 Å². The average Bonchev–Trinajstić information content (AvgIpc) is 2.85. The van der Waals surface area contributed by atoms with E-state index in [9.17, 15) is 4.79 Å². The molecule has 0 aromatic carbocycles. The van der Waals surface area contributed by atoms with E-state index in [-0.39, 0.29) is 23.1 Å². The normalized spacial score (nSPS) is 20.9. The molecule has 1 aromatic heterocycles. The number of ether oxygens (including phenoxy) is 1. The minimum Gasteiger partial charge on any atom is -0.444 e. The maximum atomic E-state index is 12.6. The summed E-state index contributed by atoms with van der Waals surface area (Å²) in [4.78, 5) is 19.0. The van der Waals surface area contributed by atoms with Crippen molar-refractivity contribution in [2.24, 2.45) is 11.7 Å². The Bertz CT molecular complexity index is 669. The van der Waals surface area contributed by atoms with Gasteiger partial charge in [-0.2, -0.15) is 0 Å². The van der Waals surface area contributed by atoms with Gasteiger partial charge in [0.15, 0.2) is 0 Å². The molecule has 2 rings (SSSR count). The van der Waals surface area contributed by atoms with Crippen LogP contribution in [0.15, 0.2) is 18.3 Å². The highest BCUT2D eigenvalue weighted by Crippen LogP contribution is 2.37. The van der Waals surface area contributed by atoms with Crippen molar-refractivity contribution >= 4 is 6.09 Å². The number of likely N-dealkylation sites (tertiary alicyclic amines) is 1. The molecule has 158 valence electrons. The highest BCUT2D eigenvalue weighted by Gasteiger charge is 2.42. The summed E-state index contributed by atoms with van der Waals surface area (Å²) in [5.41, 5.74) is 7.99. The molecular formula is C23H39N3O2. The van der Waals surface area contributed by atoms with Crippen LogP contribution in [0.25, 0.3) is 0 Å². The molecule has 0 saturated carbocycles. The van der Waals surface area contributed by atoms with E-state index in [0.717, 1.165) is 31.5 Å². The maximum absolute atomic E-state index is 12.6. The number of carbonyl (C=O) groups is 1. The van der Waals surface area contributed by atoms with Crippen LogP contribution in [0, 0.1) is 5.92 Å². The number of carbonyl (C=O) groups excluding carboxylic acids is 1. The fraction of sp³-hybridized carbons (Fsp3) is 0.739. The Morgan fingerprint density at radius 2 is 1.93 bits per heavy atom. The van der Waals surface area contributed by atoms with E-state index in [4.69, 9.17) is 10.5 Å². The zero-order chi connectivity index (χ0) is 21.3. The summed E-state index contributed by atoms with van der Waals surface area (Å²) in [6, 6.07) is 4.11. The first-order valence-corrected chi connectivity index (χ1v) is 10.4. The minimum atomic E-state index is -0.474. The molecule has 2 heterocycles. The molecule has 2 N–H and O–H groups in total. The number of aromatic nitrogens is 1. The van der Waals surface area contributed by atoms with E-state index in [1.54, 1.807) is 0 Å². The predicted molar refractivity (Wildman–Crippen MR) is 114 cm³/mol. The van der Waals surface area contributed by atoms with Crippen LogP contribution in [0.2, 0.25) is 0 Å². The number of nitrogens with two attached hydrogens (primary N) is 1. The molecule has 5 nitrogen and oxygen atoms in total. The number of hydrogen-bond donors (Lipinski definition) is 1. The summed E-state index contributed by atoms with van der Waals surface area (Å²) in [7, 11) is 0. The van der Waals surface area contributed by atoms with Crippen LogP contribution in [0.1, 0.15) is 92.0 Å².